The van der Waals surface area contributed by atoms with E-state index in [0.717, 1.165) is 5.56 Å². The summed E-state index contributed by atoms with van der Waals surface area (Å²) >= 11 is 0. The number of rotatable bonds is 7. The Morgan fingerprint density at radius 2 is 2.04 bits per heavy atom. The lowest BCUT2D eigenvalue weighted by molar-refractivity contribution is -0.128. The first-order valence-electron chi connectivity index (χ1n) is 8.29. The summed E-state index contributed by atoms with van der Waals surface area (Å²) in [4.78, 5) is 18.3. The van der Waals surface area contributed by atoms with Crippen molar-refractivity contribution in [1.82, 2.24) is 15.5 Å². The number of hydrogen-bond donors (Lipinski definition) is 2. The molecular weight excluding hydrogens is 450 g/mol. The van der Waals surface area contributed by atoms with Gasteiger partial charge in [-0.2, -0.15) is 0 Å². The molecule has 0 aromatic heterocycles. The van der Waals surface area contributed by atoms with Crippen LogP contribution in [0.25, 0.3) is 0 Å². The summed E-state index contributed by atoms with van der Waals surface area (Å²) in [6.07, 6.45) is 0. The summed E-state index contributed by atoms with van der Waals surface area (Å²) in [5, 5.41) is 5.85. The molecule has 0 bridgehead atoms. The number of nitrogens with zero attached hydrogens (tertiary/aromatic N) is 2. The molecule has 0 aliphatic heterocycles. The second-order valence-corrected chi connectivity index (χ2v) is 6.46. The first kappa shape index (κ1) is 24.4. The minimum absolute atomic E-state index is 0. The number of guanidine groups is 1. The molecule has 1 aromatic carbocycles. The van der Waals surface area contributed by atoms with Crippen molar-refractivity contribution in [1.29, 1.82) is 0 Å². The predicted octanol–water partition coefficient (Wildman–Crippen LogP) is 2.62. The number of hydrogen-bond acceptors (Lipinski definition) is 3. The number of ether oxygens (including phenoxy) is 1. The van der Waals surface area contributed by atoms with E-state index in [1.165, 1.54) is 13.2 Å². The number of carbonyl (C=O) groups excluding carboxylic acids is 1. The largest absolute Gasteiger partial charge is 0.494 e. The Morgan fingerprint density at radius 3 is 2.54 bits per heavy atom. The minimum atomic E-state index is -0.609. The molecule has 0 aliphatic carbocycles. The van der Waals surface area contributed by atoms with Crippen LogP contribution in [0.5, 0.6) is 5.75 Å². The summed E-state index contributed by atoms with van der Waals surface area (Å²) < 4.78 is 18.8. The number of amides is 1. The third-order valence-corrected chi connectivity index (χ3v) is 3.80. The van der Waals surface area contributed by atoms with Gasteiger partial charge in [-0.05, 0) is 38.5 Å². The Balaban J connectivity index is 0.00000625. The van der Waals surface area contributed by atoms with Crippen LogP contribution in [0.2, 0.25) is 0 Å². The standard InChI is InChI=1S/C18H29FN4O2.HI/c1-7-21-17(22-12-18(2,3)16(24)20-4)23(5)11-13-8-9-15(25-6)14(19)10-13;/h8-10H,7,11-12H2,1-6H3,(H,20,24)(H,21,22);1H. The van der Waals surface area contributed by atoms with E-state index in [9.17, 15) is 9.18 Å². The van der Waals surface area contributed by atoms with Crippen molar-refractivity contribution in [3.8, 4) is 5.75 Å². The molecule has 2 N–H and O–H groups in total. The van der Waals surface area contributed by atoms with Gasteiger partial charge in [-0.25, -0.2) is 4.39 Å². The van der Waals surface area contributed by atoms with Gasteiger partial charge < -0.3 is 20.3 Å². The van der Waals surface area contributed by atoms with Crippen LogP contribution in [0, 0.1) is 11.2 Å². The molecule has 0 unspecified atom stereocenters. The zero-order valence-corrected chi connectivity index (χ0v) is 18.7. The molecule has 0 spiro atoms. The van der Waals surface area contributed by atoms with Crippen LogP contribution in [0.4, 0.5) is 4.39 Å². The minimum Gasteiger partial charge on any atom is -0.494 e. The molecule has 1 amide bonds. The van der Waals surface area contributed by atoms with Crippen LogP contribution >= 0.6 is 24.0 Å². The summed E-state index contributed by atoms with van der Waals surface area (Å²) in [6.45, 7) is 7.18. The lowest BCUT2D eigenvalue weighted by Gasteiger charge is -2.25. The first-order valence-corrected chi connectivity index (χ1v) is 8.29. The predicted molar refractivity (Wildman–Crippen MR) is 114 cm³/mol. The highest BCUT2D eigenvalue weighted by molar-refractivity contribution is 14.0. The maximum Gasteiger partial charge on any atom is 0.227 e. The summed E-state index contributed by atoms with van der Waals surface area (Å²) in [7, 11) is 4.92. The number of halogens is 2. The number of nitrogens with one attached hydrogen (secondary N) is 2. The van der Waals surface area contributed by atoms with Crippen LogP contribution in [-0.2, 0) is 11.3 Å². The van der Waals surface area contributed by atoms with Gasteiger partial charge in [0.2, 0.25) is 5.91 Å². The normalized spacial score (nSPS) is 11.4. The number of aliphatic imine (C=N–C) groups is 1. The molecule has 0 saturated carbocycles. The Hall–Kier alpha value is -1.58. The van der Waals surface area contributed by atoms with Gasteiger partial charge >= 0.3 is 0 Å². The van der Waals surface area contributed by atoms with Crippen LogP contribution < -0.4 is 15.4 Å². The third-order valence-electron chi connectivity index (χ3n) is 3.80. The molecule has 0 atom stereocenters. The van der Waals surface area contributed by atoms with Gasteiger partial charge in [0.1, 0.15) is 0 Å². The molecule has 0 radical (unpaired) electrons. The van der Waals surface area contributed by atoms with Crippen molar-refractivity contribution < 1.29 is 13.9 Å². The second kappa shape index (κ2) is 11.2. The summed E-state index contributed by atoms with van der Waals surface area (Å²) in [5.74, 6) is 0.429. The van der Waals surface area contributed by atoms with E-state index in [0.29, 0.717) is 25.6 Å². The topological polar surface area (TPSA) is 66.0 Å². The van der Waals surface area contributed by atoms with Gasteiger partial charge in [-0.3, -0.25) is 9.79 Å². The third kappa shape index (κ3) is 6.97. The van der Waals surface area contributed by atoms with Gasteiger partial charge in [0.25, 0.3) is 0 Å². The smallest absolute Gasteiger partial charge is 0.227 e. The average molecular weight is 480 g/mol. The van der Waals surface area contributed by atoms with Crippen molar-refractivity contribution in [3.63, 3.8) is 0 Å². The molecule has 1 aromatic rings. The Bertz CT molecular complexity index is 623. The van der Waals surface area contributed by atoms with Gasteiger partial charge in [0, 0.05) is 27.2 Å². The van der Waals surface area contributed by atoms with Crippen molar-refractivity contribution in [3.05, 3.63) is 29.6 Å². The summed E-state index contributed by atoms with van der Waals surface area (Å²) in [5.41, 5.74) is 0.194. The van der Waals surface area contributed by atoms with Crippen molar-refractivity contribution >= 4 is 35.8 Å². The fourth-order valence-electron chi connectivity index (χ4n) is 2.31. The van der Waals surface area contributed by atoms with E-state index >= 15 is 0 Å². The maximum absolute atomic E-state index is 13.8. The van der Waals surface area contributed by atoms with E-state index in [2.05, 4.69) is 15.6 Å². The highest BCUT2D eigenvalue weighted by Crippen LogP contribution is 2.19. The molecular formula is C18H30FIN4O2. The van der Waals surface area contributed by atoms with E-state index in [-0.39, 0.29) is 35.6 Å². The molecule has 0 heterocycles. The number of carbonyl (C=O) groups is 1. The van der Waals surface area contributed by atoms with Crippen molar-refractivity contribution in [2.24, 2.45) is 10.4 Å². The summed E-state index contributed by atoms with van der Waals surface area (Å²) in [6, 6.07) is 4.88. The Labute approximate surface area is 172 Å². The van der Waals surface area contributed by atoms with Crippen LogP contribution in [0.15, 0.2) is 23.2 Å². The van der Waals surface area contributed by atoms with Gasteiger partial charge in [0.05, 0.1) is 19.1 Å². The van der Waals surface area contributed by atoms with E-state index in [1.54, 1.807) is 13.1 Å². The molecule has 26 heavy (non-hydrogen) atoms. The van der Waals surface area contributed by atoms with E-state index < -0.39 is 11.2 Å². The molecule has 6 nitrogen and oxygen atoms in total. The Kier molecular flexibility index (Phi) is 10.5. The molecule has 8 heteroatoms. The van der Waals surface area contributed by atoms with Crippen LogP contribution in [0.3, 0.4) is 0 Å². The molecule has 0 saturated heterocycles. The fraction of sp³-hybridized carbons (Fsp3) is 0.556. The monoisotopic (exact) mass is 480 g/mol. The van der Waals surface area contributed by atoms with Crippen LogP contribution in [0.1, 0.15) is 26.3 Å². The second-order valence-electron chi connectivity index (χ2n) is 6.46. The molecule has 0 fully saturated rings. The molecule has 0 aliphatic rings. The molecule has 1 rings (SSSR count). The van der Waals surface area contributed by atoms with Crippen LogP contribution in [-0.4, -0.2) is 51.1 Å². The quantitative estimate of drug-likeness (QED) is 0.358. The lowest BCUT2D eigenvalue weighted by atomic mass is 9.93. The van der Waals surface area contributed by atoms with E-state index in [4.69, 9.17) is 4.74 Å². The number of benzene rings is 1. The number of methoxy groups -OCH3 is 1. The van der Waals surface area contributed by atoms with E-state index in [1.807, 2.05) is 38.8 Å². The average Bonchev–Trinajstić information content (AvgIpc) is 2.57. The first-order chi connectivity index (χ1) is 11.7. The zero-order valence-electron chi connectivity index (χ0n) is 16.4. The lowest BCUT2D eigenvalue weighted by Crippen LogP contribution is -2.41. The van der Waals surface area contributed by atoms with Crippen molar-refractivity contribution in [2.45, 2.75) is 27.3 Å². The SMILES string of the molecule is CCNC(=NCC(C)(C)C(=O)NC)N(C)Cc1ccc(OC)c(F)c1.I. The fourth-order valence-corrected chi connectivity index (χ4v) is 2.31. The zero-order chi connectivity index (χ0) is 19.0. The Morgan fingerprint density at radius 1 is 1.38 bits per heavy atom. The highest BCUT2D eigenvalue weighted by atomic mass is 127. The van der Waals surface area contributed by atoms with Crippen molar-refractivity contribution in [2.75, 3.05) is 34.3 Å². The molecule has 148 valence electrons. The van der Waals surface area contributed by atoms with Gasteiger partial charge in [-0.15, -0.1) is 24.0 Å². The van der Waals surface area contributed by atoms with Gasteiger partial charge in [-0.1, -0.05) is 6.07 Å². The maximum atomic E-state index is 13.8. The van der Waals surface area contributed by atoms with Gasteiger partial charge in [0.15, 0.2) is 17.5 Å². The highest BCUT2D eigenvalue weighted by Gasteiger charge is 2.26.